The van der Waals surface area contributed by atoms with Gasteiger partial charge in [-0.05, 0) is 12.5 Å². The second kappa shape index (κ2) is 2.56. The van der Waals surface area contributed by atoms with Gasteiger partial charge in [-0.15, -0.1) is 0 Å². The number of hydrogen-bond donors (Lipinski definition) is 2. The molecule has 1 aliphatic carbocycles. The molecule has 2 N–H and O–H groups in total. The zero-order chi connectivity index (χ0) is 7.56. The maximum atomic E-state index is 10.7. The second-order valence-electron chi connectivity index (χ2n) is 2.10. The lowest BCUT2D eigenvalue weighted by molar-refractivity contribution is -0.113. The highest BCUT2D eigenvalue weighted by molar-refractivity contribution is 6.02. The minimum Gasteiger partial charge on any atom is -0.508 e. The van der Waals surface area contributed by atoms with Crippen molar-refractivity contribution in [3.8, 4) is 0 Å². The van der Waals surface area contributed by atoms with Crippen molar-refractivity contribution >= 4 is 5.78 Å². The number of allylic oxidation sites excluding steroid dienone is 3. The van der Waals surface area contributed by atoms with Crippen LogP contribution in [-0.4, -0.2) is 16.0 Å². The lowest BCUT2D eigenvalue weighted by Gasteiger charge is -1.95. The van der Waals surface area contributed by atoms with Gasteiger partial charge in [0.1, 0.15) is 5.76 Å². The molecule has 0 radical (unpaired) electrons. The minimum absolute atomic E-state index is 0.213. The average Bonchev–Trinajstić information content (AvgIpc) is 2.04. The molecule has 1 aliphatic rings. The highest BCUT2D eigenvalue weighted by Crippen LogP contribution is 2.11. The van der Waals surface area contributed by atoms with E-state index in [2.05, 4.69) is 0 Å². The lowest BCUT2D eigenvalue weighted by Crippen LogP contribution is -1.99. The predicted molar refractivity (Wildman–Crippen MR) is 35.7 cm³/mol. The first kappa shape index (κ1) is 6.86. The van der Waals surface area contributed by atoms with Crippen molar-refractivity contribution in [1.82, 2.24) is 0 Å². The lowest BCUT2D eigenvalue weighted by atomic mass is 10.2. The Morgan fingerprint density at radius 3 is 2.80 bits per heavy atom. The number of ketones is 1. The number of aliphatic hydroxyl groups is 2. The van der Waals surface area contributed by atoms with Crippen LogP contribution in [0, 0.1) is 0 Å². The van der Waals surface area contributed by atoms with E-state index in [1.54, 1.807) is 6.08 Å². The van der Waals surface area contributed by atoms with Crippen LogP contribution in [0.2, 0.25) is 0 Å². The zero-order valence-electron chi connectivity index (χ0n) is 5.37. The number of aliphatic hydroxyl groups excluding tert-OH is 2. The molecular weight excluding hydrogens is 132 g/mol. The number of hydrogen-bond acceptors (Lipinski definition) is 3. The SMILES string of the molecule is O=C1C=CCCC(O)=C1O. The molecule has 0 unspecified atom stereocenters. The molecular formula is C7H8O3. The fourth-order valence-corrected chi connectivity index (χ4v) is 0.750. The smallest absolute Gasteiger partial charge is 0.223 e. The van der Waals surface area contributed by atoms with Gasteiger partial charge < -0.3 is 10.2 Å². The molecule has 0 aromatic heterocycles. The highest BCUT2D eigenvalue weighted by atomic mass is 16.3. The summed E-state index contributed by atoms with van der Waals surface area (Å²) >= 11 is 0. The van der Waals surface area contributed by atoms with Crippen LogP contribution in [0.15, 0.2) is 23.7 Å². The standard InChI is InChI=1S/C7H8O3/c8-5-3-1-2-4-6(9)7(5)10/h1,3,9-10H,2,4H2. The molecule has 10 heavy (non-hydrogen) atoms. The summed E-state index contributed by atoms with van der Waals surface area (Å²) in [6.45, 7) is 0. The van der Waals surface area contributed by atoms with E-state index >= 15 is 0 Å². The first-order valence-electron chi connectivity index (χ1n) is 3.04. The van der Waals surface area contributed by atoms with Gasteiger partial charge in [0.05, 0.1) is 0 Å². The molecule has 0 fully saturated rings. The zero-order valence-corrected chi connectivity index (χ0v) is 5.37. The quantitative estimate of drug-likeness (QED) is 0.532. The third kappa shape index (κ3) is 1.18. The summed E-state index contributed by atoms with van der Waals surface area (Å²) < 4.78 is 0. The molecule has 0 amide bonds. The van der Waals surface area contributed by atoms with Crippen molar-refractivity contribution in [2.45, 2.75) is 12.8 Å². The van der Waals surface area contributed by atoms with Crippen LogP contribution in [0.4, 0.5) is 0 Å². The Bertz CT molecular complexity index is 213. The van der Waals surface area contributed by atoms with Gasteiger partial charge >= 0.3 is 0 Å². The van der Waals surface area contributed by atoms with Crippen molar-refractivity contribution < 1.29 is 15.0 Å². The first-order chi connectivity index (χ1) is 4.72. The molecule has 0 saturated heterocycles. The first-order valence-corrected chi connectivity index (χ1v) is 3.04. The molecule has 1 rings (SSSR count). The Balaban J connectivity index is 2.93. The molecule has 0 aliphatic heterocycles. The van der Waals surface area contributed by atoms with Crippen molar-refractivity contribution in [3.05, 3.63) is 23.7 Å². The summed E-state index contributed by atoms with van der Waals surface area (Å²) in [5.41, 5.74) is 0. The van der Waals surface area contributed by atoms with Crippen LogP contribution in [-0.2, 0) is 4.79 Å². The number of rotatable bonds is 0. The van der Waals surface area contributed by atoms with Gasteiger partial charge in [0, 0.05) is 6.42 Å². The van der Waals surface area contributed by atoms with Crippen LogP contribution < -0.4 is 0 Å². The van der Waals surface area contributed by atoms with E-state index in [0.29, 0.717) is 12.8 Å². The predicted octanol–water partition coefficient (Wildman–Crippen LogP) is 1.23. The van der Waals surface area contributed by atoms with E-state index in [1.807, 2.05) is 0 Å². The fourth-order valence-electron chi connectivity index (χ4n) is 0.750. The number of carbonyl (C=O) groups excluding carboxylic acids is 1. The summed E-state index contributed by atoms with van der Waals surface area (Å²) in [7, 11) is 0. The van der Waals surface area contributed by atoms with Crippen LogP contribution >= 0.6 is 0 Å². The van der Waals surface area contributed by atoms with E-state index in [0.717, 1.165) is 0 Å². The summed E-state index contributed by atoms with van der Waals surface area (Å²) in [4.78, 5) is 10.7. The van der Waals surface area contributed by atoms with Crippen LogP contribution in [0.1, 0.15) is 12.8 Å². The molecule has 0 saturated carbocycles. The van der Waals surface area contributed by atoms with E-state index in [-0.39, 0.29) is 5.76 Å². The molecule has 0 heterocycles. The molecule has 0 atom stereocenters. The molecule has 0 spiro atoms. The maximum Gasteiger partial charge on any atom is 0.223 e. The molecule has 0 bridgehead atoms. The molecule has 0 aromatic rings. The van der Waals surface area contributed by atoms with Crippen molar-refractivity contribution in [1.29, 1.82) is 0 Å². The number of carbonyl (C=O) groups is 1. The maximum absolute atomic E-state index is 10.7. The third-order valence-electron chi connectivity index (χ3n) is 1.32. The van der Waals surface area contributed by atoms with Gasteiger partial charge in [0.2, 0.25) is 11.5 Å². The van der Waals surface area contributed by atoms with Gasteiger partial charge in [-0.25, -0.2) is 0 Å². The van der Waals surface area contributed by atoms with E-state index in [1.165, 1.54) is 6.08 Å². The van der Waals surface area contributed by atoms with E-state index < -0.39 is 11.5 Å². The Morgan fingerprint density at radius 2 is 2.10 bits per heavy atom. The van der Waals surface area contributed by atoms with Crippen molar-refractivity contribution in [2.75, 3.05) is 0 Å². The molecule has 3 heteroatoms. The van der Waals surface area contributed by atoms with Crippen molar-refractivity contribution in [2.24, 2.45) is 0 Å². The summed E-state index contributed by atoms with van der Waals surface area (Å²) in [6.07, 6.45) is 3.83. The van der Waals surface area contributed by atoms with Crippen LogP contribution in [0.5, 0.6) is 0 Å². The molecule has 3 nitrogen and oxygen atoms in total. The van der Waals surface area contributed by atoms with E-state index in [4.69, 9.17) is 10.2 Å². The fraction of sp³-hybridized carbons (Fsp3) is 0.286. The van der Waals surface area contributed by atoms with Gasteiger partial charge in [0.25, 0.3) is 0 Å². The van der Waals surface area contributed by atoms with Crippen molar-refractivity contribution in [3.63, 3.8) is 0 Å². The Morgan fingerprint density at radius 1 is 1.40 bits per heavy atom. The summed E-state index contributed by atoms with van der Waals surface area (Å²) in [6, 6.07) is 0. The van der Waals surface area contributed by atoms with Crippen LogP contribution in [0.3, 0.4) is 0 Å². The van der Waals surface area contributed by atoms with E-state index in [9.17, 15) is 4.79 Å². The summed E-state index contributed by atoms with van der Waals surface area (Å²) in [5.74, 6) is -1.25. The van der Waals surface area contributed by atoms with Gasteiger partial charge in [-0.2, -0.15) is 0 Å². The second-order valence-corrected chi connectivity index (χ2v) is 2.10. The Kier molecular flexibility index (Phi) is 1.76. The topological polar surface area (TPSA) is 57.5 Å². The largest absolute Gasteiger partial charge is 0.508 e. The molecule has 0 aromatic carbocycles. The van der Waals surface area contributed by atoms with Gasteiger partial charge in [0.15, 0.2) is 0 Å². The normalized spacial score (nSPS) is 19.4. The molecule has 54 valence electrons. The van der Waals surface area contributed by atoms with Gasteiger partial charge in [-0.1, -0.05) is 6.08 Å². The Labute approximate surface area is 58.3 Å². The minimum atomic E-state index is -0.520. The highest BCUT2D eigenvalue weighted by Gasteiger charge is 2.12. The van der Waals surface area contributed by atoms with Crippen LogP contribution in [0.25, 0.3) is 0 Å². The summed E-state index contributed by atoms with van der Waals surface area (Å²) in [5, 5.41) is 17.8. The van der Waals surface area contributed by atoms with Gasteiger partial charge in [-0.3, -0.25) is 4.79 Å². The Hall–Kier alpha value is -1.25. The third-order valence-corrected chi connectivity index (χ3v) is 1.32. The monoisotopic (exact) mass is 140 g/mol. The average molecular weight is 140 g/mol.